The molecular weight excluding hydrogens is 316 g/mol. The van der Waals surface area contributed by atoms with Crippen LogP contribution in [0.4, 0.5) is 0 Å². The normalized spacial score (nSPS) is 16.6. The number of rotatable bonds is 5. The number of amides is 2. The molecule has 0 bridgehead atoms. The number of hydrogen-bond donors (Lipinski definition) is 1. The maximum absolute atomic E-state index is 12.8. The summed E-state index contributed by atoms with van der Waals surface area (Å²) in [5.41, 5.74) is 2.20. The summed E-state index contributed by atoms with van der Waals surface area (Å²) in [4.78, 5) is 27.2. The van der Waals surface area contributed by atoms with Crippen LogP contribution in [-0.2, 0) is 17.8 Å². The Morgan fingerprint density at radius 1 is 1.20 bits per heavy atom. The zero-order chi connectivity index (χ0) is 17.8. The molecule has 1 aliphatic heterocycles. The molecule has 0 radical (unpaired) electrons. The smallest absolute Gasteiger partial charge is 0.290 e. The van der Waals surface area contributed by atoms with E-state index in [0.29, 0.717) is 25.4 Å². The number of nitrogens with zero attached hydrogens (tertiary/aromatic N) is 1. The first-order valence-electron chi connectivity index (χ1n) is 8.75. The topological polar surface area (TPSA) is 62.6 Å². The van der Waals surface area contributed by atoms with Gasteiger partial charge in [0, 0.05) is 19.5 Å². The first-order chi connectivity index (χ1) is 12.1. The van der Waals surface area contributed by atoms with Crippen molar-refractivity contribution in [2.24, 2.45) is 5.92 Å². The van der Waals surface area contributed by atoms with Crippen molar-refractivity contribution < 1.29 is 14.0 Å². The summed E-state index contributed by atoms with van der Waals surface area (Å²) in [6.07, 6.45) is 2.92. The van der Waals surface area contributed by atoms with Gasteiger partial charge in [-0.1, -0.05) is 38.1 Å². The van der Waals surface area contributed by atoms with E-state index in [-0.39, 0.29) is 17.6 Å². The van der Waals surface area contributed by atoms with Crippen LogP contribution >= 0.6 is 0 Å². The Hall–Kier alpha value is -2.56. The quantitative estimate of drug-likeness (QED) is 0.910. The van der Waals surface area contributed by atoms with Crippen molar-refractivity contribution in [1.29, 1.82) is 0 Å². The van der Waals surface area contributed by atoms with E-state index in [1.807, 2.05) is 24.3 Å². The highest BCUT2D eigenvalue weighted by Gasteiger charge is 2.35. The number of furan rings is 1. The third-order valence-electron chi connectivity index (χ3n) is 4.56. The minimum absolute atomic E-state index is 0.102. The maximum Gasteiger partial charge on any atom is 0.290 e. The Bertz CT molecular complexity index is 737. The van der Waals surface area contributed by atoms with E-state index < -0.39 is 6.04 Å². The Balaban J connectivity index is 1.81. The highest BCUT2D eigenvalue weighted by atomic mass is 16.3. The lowest BCUT2D eigenvalue weighted by atomic mass is 9.93. The standard InChI is InChI=1S/C20H24N2O3/c1-14(2)9-10-21-19(23)17-12-15-6-3-4-7-16(15)13-22(17)20(24)18-8-5-11-25-18/h3-8,11,14,17H,9-10,12-13H2,1-2H3,(H,21,23)/t17-/m1/s1. The van der Waals surface area contributed by atoms with Gasteiger partial charge < -0.3 is 14.6 Å². The molecule has 1 aromatic carbocycles. The molecule has 5 nitrogen and oxygen atoms in total. The van der Waals surface area contributed by atoms with Crippen LogP contribution < -0.4 is 5.32 Å². The molecule has 5 heteroatoms. The van der Waals surface area contributed by atoms with E-state index in [4.69, 9.17) is 4.42 Å². The SMILES string of the molecule is CC(C)CCNC(=O)[C@H]1Cc2ccccc2CN1C(=O)c1ccco1. The molecule has 25 heavy (non-hydrogen) atoms. The zero-order valence-corrected chi connectivity index (χ0v) is 14.7. The second-order valence-electron chi connectivity index (χ2n) is 6.87. The van der Waals surface area contributed by atoms with Crippen LogP contribution in [-0.4, -0.2) is 29.3 Å². The van der Waals surface area contributed by atoms with Gasteiger partial charge in [-0.25, -0.2) is 0 Å². The Morgan fingerprint density at radius 2 is 1.96 bits per heavy atom. The van der Waals surface area contributed by atoms with Gasteiger partial charge in [-0.15, -0.1) is 0 Å². The molecule has 3 rings (SSSR count). The summed E-state index contributed by atoms with van der Waals surface area (Å²) >= 11 is 0. The van der Waals surface area contributed by atoms with Gasteiger partial charge in [-0.05, 0) is 35.6 Å². The van der Waals surface area contributed by atoms with Crippen LogP contribution in [0.3, 0.4) is 0 Å². The van der Waals surface area contributed by atoms with Crippen LogP contribution in [0.2, 0.25) is 0 Å². The number of nitrogens with one attached hydrogen (secondary N) is 1. The fraction of sp³-hybridized carbons (Fsp3) is 0.400. The summed E-state index contributed by atoms with van der Waals surface area (Å²) < 4.78 is 5.25. The van der Waals surface area contributed by atoms with Crippen molar-refractivity contribution in [3.63, 3.8) is 0 Å². The monoisotopic (exact) mass is 340 g/mol. The maximum atomic E-state index is 12.8. The van der Waals surface area contributed by atoms with Gasteiger partial charge >= 0.3 is 0 Å². The van der Waals surface area contributed by atoms with Crippen LogP contribution in [0.25, 0.3) is 0 Å². The minimum atomic E-state index is -0.514. The molecule has 1 atom stereocenters. The Labute approximate surface area is 148 Å². The van der Waals surface area contributed by atoms with Crippen molar-refractivity contribution in [2.75, 3.05) is 6.54 Å². The number of carbonyl (C=O) groups excluding carboxylic acids is 2. The molecule has 2 aromatic rings. The van der Waals surface area contributed by atoms with Crippen molar-refractivity contribution >= 4 is 11.8 Å². The fourth-order valence-electron chi connectivity index (χ4n) is 3.11. The molecule has 0 saturated heterocycles. The van der Waals surface area contributed by atoms with E-state index in [2.05, 4.69) is 19.2 Å². The van der Waals surface area contributed by atoms with E-state index in [9.17, 15) is 9.59 Å². The summed E-state index contributed by atoms with van der Waals surface area (Å²) in [6.45, 7) is 5.28. The van der Waals surface area contributed by atoms with E-state index in [1.54, 1.807) is 17.0 Å². The van der Waals surface area contributed by atoms with E-state index >= 15 is 0 Å². The molecule has 1 aliphatic rings. The summed E-state index contributed by atoms with van der Waals surface area (Å²) in [7, 11) is 0. The first kappa shape index (κ1) is 17.3. The molecule has 1 N–H and O–H groups in total. The summed E-state index contributed by atoms with van der Waals surface area (Å²) in [6, 6.07) is 10.8. The van der Waals surface area contributed by atoms with Crippen molar-refractivity contribution in [3.8, 4) is 0 Å². The highest BCUT2D eigenvalue weighted by molar-refractivity contribution is 5.96. The van der Waals surface area contributed by atoms with Crippen LogP contribution in [0.1, 0.15) is 41.9 Å². The zero-order valence-electron chi connectivity index (χ0n) is 14.7. The fourth-order valence-corrected chi connectivity index (χ4v) is 3.11. The van der Waals surface area contributed by atoms with Crippen molar-refractivity contribution in [2.45, 2.75) is 39.3 Å². The summed E-state index contributed by atoms with van der Waals surface area (Å²) in [5, 5.41) is 2.98. The van der Waals surface area contributed by atoms with Crippen LogP contribution in [0.5, 0.6) is 0 Å². The second-order valence-corrected chi connectivity index (χ2v) is 6.87. The Kier molecular flexibility index (Phi) is 5.22. The Morgan fingerprint density at radius 3 is 2.64 bits per heavy atom. The van der Waals surface area contributed by atoms with Gasteiger partial charge in [0.2, 0.25) is 5.91 Å². The van der Waals surface area contributed by atoms with Crippen molar-refractivity contribution in [1.82, 2.24) is 10.2 Å². The second kappa shape index (κ2) is 7.55. The molecule has 0 unspecified atom stereocenters. The number of hydrogen-bond acceptors (Lipinski definition) is 3. The van der Waals surface area contributed by atoms with E-state index in [1.165, 1.54) is 6.26 Å². The largest absolute Gasteiger partial charge is 0.459 e. The number of benzene rings is 1. The van der Waals surface area contributed by atoms with Gasteiger partial charge in [-0.3, -0.25) is 9.59 Å². The lowest BCUT2D eigenvalue weighted by molar-refractivity contribution is -0.126. The molecule has 0 saturated carbocycles. The van der Waals surface area contributed by atoms with E-state index in [0.717, 1.165) is 17.5 Å². The number of fused-ring (bicyclic) bond motifs is 1. The molecule has 2 heterocycles. The lowest BCUT2D eigenvalue weighted by Gasteiger charge is -2.35. The average Bonchev–Trinajstić information content (AvgIpc) is 3.14. The van der Waals surface area contributed by atoms with Crippen LogP contribution in [0.15, 0.2) is 47.1 Å². The third kappa shape index (κ3) is 3.92. The minimum Gasteiger partial charge on any atom is -0.459 e. The predicted molar refractivity (Wildman–Crippen MR) is 95.0 cm³/mol. The summed E-state index contributed by atoms with van der Waals surface area (Å²) in [5.74, 6) is 0.436. The van der Waals surface area contributed by atoms with Gasteiger partial charge in [0.05, 0.1) is 6.26 Å². The molecule has 0 aliphatic carbocycles. The van der Waals surface area contributed by atoms with Gasteiger partial charge in [0.15, 0.2) is 5.76 Å². The molecule has 2 amide bonds. The van der Waals surface area contributed by atoms with Gasteiger partial charge in [0.1, 0.15) is 6.04 Å². The third-order valence-corrected chi connectivity index (χ3v) is 4.56. The van der Waals surface area contributed by atoms with Gasteiger partial charge in [-0.2, -0.15) is 0 Å². The molecule has 132 valence electrons. The molecular formula is C20H24N2O3. The number of carbonyl (C=O) groups is 2. The molecule has 0 fully saturated rings. The van der Waals surface area contributed by atoms with Crippen LogP contribution in [0, 0.1) is 5.92 Å². The molecule has 1 aromatic heterocycles. The highest BCUT2D eigenvalue weighted by Crippen LogP contribution is 2.25. The predicted octanol–water partition coefficient (Wildman–Crippen LogP) is 3.01. The average molecular weight is 340 g/mol. The first-order valence-corrected chi connectivity index (χ1v) is 8.75. The molecule has 0 spiro atoms. The lowest BCUT2D eigenvalue weighted by Crippen LogP contribution is -2.52. The van der Waals surface area contributed by atoms with Crippen molar-refractivity contribution in [3.05, 3.63) is 59.5 Å². The van der Waals surface area contributed by atoms with Gasteiger partial charge in [0.25, 0.3) is 5.91 Å².